The zero-order valence-corrected chi connectivity index (χ0v) is 50.8. The molecule has 83 heavy (non-hydrogen) atoms. The third-order valence-electron chi connectivity index (χ3n) is 13.0. The van der Waals surface area contributed by atoms with Gasteiger partial charge < -0.3 is 46.2 Å². The van der Waals surface area contributed by atoms with Gasteiger partial charge in [-0.2, -0.15) is 0 Å². The number of nitrogens with zero attached hydrogens (tertiary/aromatic N) is 7. The van der Waals surface area contributed by atoms with E-state index in [4.69, 9.17) is 34.6 Å². The van der Waals surface area contributed by atoms with Crippen LogP contribution in [0.25, 0.3) is 43.4 Å². The van der Waals surface area contributed by atoms with E-state index < -0.39 is 61.9 Å². The zero-order chi connectivity index (χ0) is 59.1. The summed E-state index contributed by atoms with van der Waals surface area (Å²) in [5, 5.41) is 34.9. The van der Waals surface area contributed by atoms with Crippen LogP contribution in [0.2, 0.25) is 0 Å². The number of methoxy groups -OCH3 is 1. The highest BCUT2D eigenvalue weighted by Gasteiger charge is 2.33. The smallest absolute Gasteiger partial charge is 0.325 e. The fourth-order valence-electron chi connectivity index (χ4n) is 8.71. The van der Waals surface area contributed by atoms with Crippen LogP contribution in [0, 0.1) is 12.8 Å². The van der Waals surface area contributed by atoms with Crippen molar-refractivity contribution in [3.8, 4) is 43.4 Å². The maximum absolute atomic E-state index is 14.3. The number of fused-ring (bicyclic) bond motifs is 14. The van der Waals surface area contributed by atoms with Crippen molar-refractivity contribution < 1.29 is 53.0 Å². The first-order valence-electron chi connectivity index (χ1n) is 25.8. The summed E-state index contributed by atoms with van der Waals surface area (Å²) in [5.74, 6) is -3.36. The van der Waals surface area contributed by atoms with Gasteiger partial charge in [-0.05, 0) is 43.4 Å². The molecule has 0 radical (unpaired) electrons. The Hall–Kier alpha value is -6.76. The first-order valence-corrected chi connectivity index (χ1v) is 32.7. The summed E-state index contributed by atoms with van der Waals surface area (Å²) in [6.07, 6.45) is -1.39. The van der Waals surface area contributed by atoms with Crippen LogP contribution >= 0.6 is 75.6 Å². The van der Waals surface area contributed by atoms with Crippen molar-refractivity contribution >= 4 is 117 Å². The van der Waals surface area contributed by atoms with Crippen molar-refractivity contribution in [2.75, 3.05) is 32.2 Å². The van der Waals surface area contributed by atoms with E-state index in [2.05, 4.69) is 31.6 Å². The monoisotopic (exact) mass is 1260 g/mol. The number of hydrogen-bond acceptors (Lipinski definition) is 22. The molecule has 5 amide bonds. The summed E-state index contributed by atoms with van der Waals surface area (Å²) in [6, 6.07) is 10.2. The van der Waals surface area contributed by atoms with Crippen LogP contribution in [0.1, 0.15) is 132 Å². The molecule has 7 aromatic heterocycles. The molecule has 8 heterocycles. The molecule has 0 saturated heterocycles. The second-order valence-electron chi connectivity index (χ2n) is 19.3. The third kappa shape index (κ3) is 15.0. The van der Waals surface area contributed by atoms with Crippen molar-refractivity contribution in [2.24, 2.45) is 5.92 Å². The maximum Gasteiger partial charge on any atom is 0.325 e. The van der Waals surface area contributed by atoms with Gasteiger partial charge in [-0.25, -0.2) is 34.9 Å². The first-order chi connectivity index (χ1) is 39.7. The van der Waals surface area contributed by atoms with Gasteiger partial charge in [0.1, 0.15) is 77.2 Å². The van der Waals surface area contributed by atoms with Gasteiger partial charge in [0.2, 0.25) is 17.7 Å². The Bertz CT molecular complexity index is 3740. The van der Waals surface area contributed by atoms with Crippen LogP contribution in [0.5, 0.6) is 0 Å². The highest BCUT2D eigenvalue weighted by Crippen LogP contribution is 2.41. The zero-order valence-electron chi connectivity index (χ0n) is 45.0. The third-order valence-corrected chi connectivity index (χ3v) is 19.7. The van der Waals surface area contributed by atoms with Crippen molar-refractivity contribution in [1.29, 1.82) is 0 Å². The summed E-state index contributed by atoms with van der Waals surface area (Å²) >= 11 is 7.21. The molecular formula is C53H55N12O11PS6. The molecule has 8 N–H and O–H groups in total. The minimum atomic E-state index is -4.19. The summed E-state index contributed by atoms with van der Waals surface area (Å²) in [5.41, 5.74) is 2.77. The lowest BCUT2D eigenvalue weighted by molar-refractivity contribution is -0.122. The number of carbonyl (C=O) groups is 6. The van der Waals surface area contributed by atoms with E-state index in [9.17, 15) is 48.2 Å². The van der Waals surface area contributed by atoms with Gasteiger partial charge in [-0.15, -0.1) is 68.0 Å². The number of benzene rings is 1. The molecule has 0 spiro atoms. The van der Waals surface area contributed by atoms with Gasteiger partial charge in [0, 0.05) is 71.0 Å². The lowest BCUT2D eigenvalue weighted by Gasteiger charge is -2.23. The molecule has 0 unspecified atom stereocenters. The van der Waals surface area contributed by atoms with Gasteiger partial charge in [-0.1, -0.05) is 44.2 Å². The highest BCUT2D eigenvalue weighted by atomic mass is 32.1. The summed E-state index contributed by atoms with van der Waals surface area (Å²) in [4.78, 5) is 136. The number of carbonyl (C=O) groups excluding carboxylic acids is 6. The number of aromatic nitrogens is 7. The van der Waals surface area contributed by atoms with Crippen molar-refractivity contribution in [3.63, 3.8) is 0 Å². The number of ketones is 1. The van der Waals surface area contributed by atoms with Gasteiger partial charge in [0.25, 0.3) is 11.8 Å². The highest BCUT2D eigenvalue weighted by molar-refractivity contribution is 7.51. The van der Waals surface area contributed by atoms with Crippen LogP contribution in [0.15, 0.2) is 64.0 Å². The predicted octanol–water partition coefficient (Wildman–Crippen LogP) is 8.48. The predicted molar refractivity (Wildman–Crippen MR) is 318 cm³/mol. The Morgan fingerprint density at radius 2 is 1.46 bits per heavy atom. The number of rotatable bonds is 14. The largest absolute Gasteiger partial charge is 0.386 e. The first kappa shape index (κ1) is 60.8. The number of ether oxygens (including phenoxy) is 1. The Balaban J connectivity index is 1.10. The average molecular weight is 1260 g/mol. The molecule has 8 aromatic rings. The van der Waals surface area contributed by atoms with E-state index in [0.717, 1.165) is 0 Å². The normalized spacial score (nSPS) is 16.7. The van der Waals surface area contributed by atoms with Crippen LogP contribution in [0.4, 0.5) is 5.82 Å². The molecule has 0 fully saturated rings. The minimum Gasteiger partial charge on any atom is -0.386 e. The number of aryl methyl sites for hydroxylation is 1. The standard InChI is InChI=1S/C53H55N12O11PS6/c1-25(2)29-17-35(66)41-26(3)82-52(64-41)31(18-39(68)54-4)57-46(71)33-22-78-48(59-33)28-14-15-30(50-62-37(24-81-50)61-38(67)13-9-10-16-77(73,74)75)56-42(28)32-21-79-51(58-32)34-23-80-53(60-34)44(45(70)27-11-7-6-8-12-27)63-40(69)19-55-47(72)43-36(20-76-5)83-49(29)65-43/h6-8,11-12,14-15,21-25,29,31,44-45,70H,9-10,13,16-20H2,1-5H3,(H,54,68)(H,55,72)(H,57,71)(H,61,67)(H,63,69)(H2,73,74,75)/t29-,31-,44-,45-/m0/s1. The number of aliphatic hydroxyl groups excluding tert-OH is 1. The van der Waals surface area contributed by atoms with Crippen LogP contribution < -0.4 is 26.6 Å². The van der Waals surface area contributed by atoms with Crippen molar-refractivity contribution in [2.45, 2.75) is 83.6 Å². The number of Topliss-reactive ketones (excluding diaryl/α,β-unsaturated/α-hetero) is 1. The second kappa shape index (κ2) is 26.9. The molecule has 1 aromatic carbocycles. The Kier molecular flexibility index (Phi) is 19.7. The molecule has 10 bridgehead atoms. The molecular weight excluding hydrogens is 1200 g/mol. The molecule has 0 aliphatic carbocycles. The molecule has 1 aliphatic rings. The van der Waals surface area contributed by atoms with Gasteiger partial charge in [0.05, 0.1) is 41.2 Å². The number of nitrogens with one attached hydrogen (secondary N) is 5. The fourth-order valence-corrected chi connectivity index (χ4v) is 14.9. The molecule has 23 nitrogen and oxygen atoms in total. The maximum atomic E-state index is 14.3. The molecule has 4 atom stereocenters. The summed E-state index contributed by atoms with van der Waals surface area (Å²) < 4.78 is 16.7. The molecule has 1 aliphatic heterocycles. The number of amides is 5. The average Bonchev–Trinajstić information content (AvgIpc) is 4.41. The van der Waals surface area contributed by atoms with Crippen LogP contribution in [-0.4, -0.2) is 112 Å². The molecule has 0 saturated carbocycles. The van der Waals surface area contributed by atoms with E-state index in [1.54, 1.807) is 70.9 Å². The molecule has 434 valence electrons. The van der Waals surface area contributed by atoms with Crippen LogP contribution in [-0.2, 0) is 30.3 Å². The number of aliphatic hydroxyl groups is 1. The van der Waals surface area contributed by atoms with E-state index in [1.807, 2.05) is 13.8 Å². The fraction of sp³-hybridized carbons (Fsp3) is 0.340. The van der Waals surface area contributed by atoms with E-state index in [0.29, 0.717) is 73.7 Å². The van der Waals surface area contributed by atoms with Crippen molar-refractivity contribution in [1.82, 2.24) is 56.2 Å². The number of thiazole rings is 6. The van der Waals surface area contributed by atoms with E-state index >= 15 is 0 Å². The van der Waals surface area contributed by atoms with Gasteiger partial charge in [0.15, 0.2) is 5.78 Å². The van der Waals surface area contributed by atoms with Gasteiger partial charge in [-0.3, -0.25) is 33.3 Å². The lowest BCUT2D eigenvalue weighted by Crippen LogP contribution is -2.40. The van der Waals surface area contributed by atoms with Crippen molar-refractivity contribution in [3.05, 3.63) is 111 Å². The van der Waals surface area contributed by atoms with E-state index in [-0.39, 0.29) is 85.4 Å². The van der Waals surface area contributed by atoms with E-state index in [1.165, 1.54) is 82.2 Å². The minimum absolute atomic E-state index is 0.0231. The number of pyridine rings is 1. The van der Waals surface area contributed by atoms with Crippen LogP contribution in [0.3, 0.4) is 0 Å². The molecule has 30 heteroatoms. The topological polar surface area (TPSA) is 340 Å². The Morgan fingerprint density at radius 3 is 2.20 bits per heavy atom. The van der Waals surface area contributed by atoms with Gasteiger partial charge >= 0.3 is 7.60 Å². The SMILES string of the molecule is CNC(=O)C[C@@H]1NC(=O)c2csc(n2)-c2ccc(-c3nc(NC(=O)CCCCP(=O)(O)O)cs3)nc2-c2csc(n2)-c2csc(n2)[C@H]([C@@H](O)c2ccccc2)NC(=O)CNC(=O)c2nc(sc2COC)[C@H](C(C)C)CC(=O)c2nc1sc2C. The number of anilines is 1. The second-order valence-corrected chi connectivity index (χ2v) is 26.9. The quantitative estimate of drug-likeness (QED) is 0.0373. The Morgan fingerprint density at radius 1 is 0.747 bits per heavy atom. The summed E-state index contributed by atoms with van der Waals surface area (Å²) in [6.45, 7) is 5.13. The lowest BCUT2D eigenvalue weighted by atomic mass is 9.90. The number of hydrogen-bond donors (Lipinski definition) is 8. The number of unbranched alkanes of at least 4 members (excludes halogenated alkanes) is 1. The summed E-state index contributed by atoms with van der Waals surface area (Å²) in [7, 11) is -1.23. The molecule has 9 rings (SSSR count). The Labute approximate surface area is 499 Å².